The summed E-state index contributed by atoms with van der Waals surface area (Å²) in [5.74, 6) is -0.362. The number of nitrogens with zero attached hydrogens (tertiary/aromatic N) is 3. The van der Waals surface area contributed by atoms with Gasteiger partial charge in [-0.2, -0.15) is 5.48 Å². The second-order valence-corrected chi connectivity index (χ2v) is 3.38. The third-order valence-electron chi connectivity index (χ3n) is 2.58. The number of rotatable bonds is 2. The molecular formula is C7H10N4O3. The Balaban J connectivity index is 2.09. The van der Waals surface area contributed by atoms with Crippen molar-refractivity contribution < 1.29 is 14.4 Å². The highest BCUT2D eigenvalue weighted by molar-refractivity contribution is 5.79. The number of carbonyl (C=O) groups is 1. The first kappa shape index (κ1) is 9.26. The van der Waals surface area contributed by atoms with E-state index in [0.717, 1.165) is 0 Å². The smallest absolute Gasteiger partial charge is 0.326 e. The van der Waals surface area contributed by atoms with Crippen LogP contribution in [0.15, 0.2) is 5.11 Å². The van der Waals surface area contributed by atoms with Crippen LogP contribution in [0.4, 0.5) is 0 Å². The molecule has 2 saturated heterocycles. The lowest BCUT2D eigenvalue weighted by atomic mass is 9.93. The summed E-state index contributed by atoms with van der Waals surface area (Å²) in [6.07, 6.45) is -0.473. The number of ether oxygens (including phenoxy) is 1. The van der Waals surface area contributed by atoms with Gasteiger partial charge in [0.15, 0.2) is 0 Å². The molecule has 4 atom stereocenters. The monoisotopic (exact) mass is 198 g/mol. The van der Waals surface area contributed by atoms with Crippen molar-refractivity contribution in [3.8, 4) is 0 Å². The first-order valence-electron chi connectivity index (χ1n) is 4.36. The van der Waals surface area contributed by atoms with E-state index in [0.29, 0.717) is 0 Å². The molecule has 0 aromatic heterocycles. The third kappa shape index (κ3) is 1.31. The summed E-state index contributed by atoms with van der Waals surface area (Å²) in [6, 6.07) is -0.413. The van der Waals surface area contributed by atoms with Gasteiger partial charge in [0.25, 0.3) is 0 Å². The van der Waals surface area contributed by atoms with Crippen LogP contribution >= 0.6 is 0 Å². The lowest BCUT2D eigenvalue weighted by Gasteiger charge is -2.15. The van der Waals surface area contributed by atoms with Gasteiger partial charge in [-0.05, 0) is 12.5 Å². The Kier molecular flexibility index (Phi) is 2.28. The molecule has 0 saturated carbocycles. The molecule has 2 heterocycles. The van der Waals surface area contributed by atoms with Crippen LogP contribution < -0.4 is 5.48 Å². The van der Waals surface area contributed by atoms with Crippen LogP contribution in [0.2, 0.25) is 0 Å². The molecule has 0 bridgehead atoms. The Morgan fingerprint density at radius 2 is 2.50 bits per heavy atom. The highest BCUT2D eigenvalue weighted by Gasteiger charge is 2.51. The fraction of sp³-hybridized carbons (Fsp3) is 0.857. The minimum absolute atomic E-state index is 0.0620. The van der Waals surface area contributed by atoms with Gasteiger partial charge in [-0.1, -0.05) is 5.11 Å². The van der Waals surface area contributed by atoms with E-state index in [1.54, 1.807) is 0 Å². The molecule has 0 aliphatic carbocycles. The Morgan fingerprint density at radius 1 is 1.71 bits per heavy atom. The van der Waals surface area contributed by atoms with Crippen molar-refractivity contribution in [3.05, 3.63) is 10.4 Å². The molecular weight excluding hydrogens is 188 g/mol. The van der Waals surface area contributed by atoms with Crippen molar-refractivity contribution in [1.82, 2.24) is 5.48 Å². The maximum absolute atomic E-state index is 11.2. The van der Waals surface area contributed by atoms with Crippen LogP contribution in [0, 0.1) is 5.92 Å². The average molecular weight is 198 g/mol. The van der Waals surface area contributed by atoms with Crippen molar-refractivity contribution >= 4 is 5.97 Å². The van der Waals surface area contributed by atoms with Crippen molar-refractivity contribution in [3.63, 3.8) is 0 Å². The Labute approximate surface area is 79.9 Å². The lowest BCUT2D eigenvalue weighted by molar-refractivity contribution is -0.146. The van der Waals surface area contributed by atoms with Crippen molar-refractivity contribution in [2.24, 2.45) is 11.0 Å². The van der Waals surface area contributed by atoms with E-state index < -0.39 is 6.04 Å². The van der Waals surface area contributed by atoms with Gasteiger partial charge in [0, 0.05) is 4.91 Å². The number of fused-ring (bicyclic) bond motifs is 1. The van der Waals surface area contributed by atoms with Gasteiger partial charge in [-0.3, -0.25) is 9.63 Å². The van der Waals surface area contributed by atoms with Gasteiger partial charge in [0.2, 0.25) is 0 Å². The summed E-state index contributed by atoms with van der Waals surface area (Å²) >= 11 is 0. The number of nitrogens with one attached hydrogen (secondary N) is 1. The second kappa shape index (κ2) is 3.45. The Morgan fingerprint density at radius 3 is 3.21 bits per heavy atom. The topological polar surface area (TPSA) is 96.3 Å². The number of hydrogen-bond donors (Lipinski definition) is 1. The van der Waals surface area contributed by atoms with Crippen LogP contribution in [0.1, 0.15) is 6.92 Å². The van der Waals surface area contributed by atoms with Gasteiger partial charge in [-0.15, -0.1) is 0 Å². The molecule has 3 unspecified atom stereocenters. The fourth-order valence-electron chi connectivity index (χ4n) is 1.92. The number of esters is 1. The van der Waals surface area contributed by atoms with Crippen LogP contribution in [0.25, 0.3) is 10.4 Å². The fourth-order valence-corrected chi connectivity index (χ4v) is 1.92. The Hall–Kier alpha value is -1.30. The van der Waals surface area contributed by atoms with Crippen molar-refractivity contribution in [2.45, 2.75) is 25.2 Å². The summed E-state index contributed by atoms with van der Waals surface area (Å²) in [5, 5.41) is 3.42. The molecule has 1 N–H and O–H groups in total. The molecule has 7 heteroatoms. The summed E-state index contributed by atoms with van der Waals surface area (Å²) in [7, 11) is 0. The van der Waals surface area contributed by atoms with E-state index in [4.69, 9.17) is 15.1 Å². The quantitative estimate of drug-likeness (QED) is 0.295. The number of cyclic esters (lactones) is 1. The number of carbonyl (C=O) groups excluding carboxylic acids is 1. The molecule has 7 nitrogen and oxygen atoms in total. The average Bonchev–Trinajstić information content (AvgIpc) is 2.67. The summed E-state index contributed by atoms with van der Waals surface area (Å²) < 4.78 is 5.02. The zero-order chi connectivity index (χ0) is 10.1. The number of hydrogen-bond acceptors (Lipinski definition) is 5. The van der Waals surface area contributed by atoms with Crippen LogP contribution in [0.5, 0.6) is 0 Å². The SMILES string of the molecule is CC1OC(=O)C2NO[C@@H](CN=[N+]=[N-])C12. The number of hydroxylamine groups is 1. The van der Waals surface area contributed by atoms with E-state index in [1.807, 2.05) is 6.92 Å². The van der Waals surface area contributed by atoms with Crippen LogP contribution in [-0.4, -0.2) is 30.8 Å². The number of azide groups is 1. The van der Waals surface area contributed by atoms with Crippen molar-refractivity contribution in [1.29, 1.82) is 0 Å². The van der Waals surface area contributed by atoms with Crippen LogP contribution in [-0.2, 0) is 14.4 Å². The lowest BCUT2D eigenvalue weighted by Crippen LogP contribution is -2.32. The highest BCUT2D eigenvalue weighted by atomic mass is 16.7. The zero-order valence-electron chi connectivity index (χ0n) is 7.58. The maximum atomic E-state index is 11.2. The van der Waals surface area contributed by atoms with Gasteiger partial charge < -0.3 is 4.74 Å². The molecule has 0 aromatic rings. The molecule has 2 aliphatic heterocycles. The van der Waals surface area contributed by atoms with Gasteiger partial charge in [0.1, 0.15) is 12.1 Å². The summed E-state index contributed by atoms with van der Waals surface area (Å²) in [5.41, 5.74) is 10.8. The molecule has 0 amide bonds. The largest absolute Gasteiger partial charge is 0.461 e. The minimum atomic E-state index is -0.413. The zero-order valence-corrected chi connectivity index (χ0v) is 7.58. The van der Waals surface area contributed by atoms with Gasteiger partial charge in [0.05, 0.1) is 18.6 Å². The summed E-state index contributed by atoms with van der Waals surface area (Å²) in [4.78, 5) is 19.0. The minimum Gasteiger partial charge on any atom is -0.461 e. The predicted molar refractivity (Wildman–Crippen MR) is 44.9 cm³/mol. The highest BCUT2D eigenvalue weighted by Crippen LogP contribution is 2.31. The predicted octanol–water partition coefficient (Wildman–Crippen LogP) is 0.130. The maximum Gasteiger partial charge on any atom is 0.326 e. The first-order valence-corrected chi connectivity index (χ1v) is 4.36. The molecule has 2 fully saturated rings. The van der Waals surface area contributed by atoms with Crippen LogP contribution in [0.3, 0.4) is 0 Å². The molecule has 76 valence electrons. The first-order chi connectivity index (χ1) is 6.74. The third-order valence-corrected chi connectivity index (χ3v) is 2.58. The molecule has 0 spiro atoms. The van der Waals surface area contributed by atoms with Crippen molar-refractivity contribution in [2.75, 3.05) is 6.54 Å². The van der Waals surface area contributed by atoms with E-state index >= 15 is 0 Å². The standard InChI is InChI=1S/C7H10N4O3/c1-3-5-4(2-9-11-8)14-10-6(5)7(12)13-3/h3-6,10H,2H2,1H3/t3?,4-,5?,6?/m0/s1. The second-order valence-electron chi connectivity index (χ2n) is 3.38. The normalized spacial score (nSPS) is 40.2. The molecule has 2 rings (SSSR count). The Bertz CT molecular complexity index is 301. The van der Waals surface area contributed by atoms with Gasteiger partial charge >= 0.3 is 5.97 Å². The van der Waals surface area contributed by atoms with E-state index in [2.05, 4.69) is 15.5 Å². The molecule has 2 aliphatic rings. The van der Waals surface area contributed by atoms with Gasteiger partial charge in [-0.25, -0.2) is 0 Å². The van der Waals surface area contributed by atoms with E-state index in [-0.39, 0.29) is 30.6 Å². The van der Waals surface area contributed by atoms with E-state index in [1.165, 1.54) is 0 Å². The summed E-state index contributed by atoms with van der Waals surface area (Å²) in [6.45, 7) is 2.02. The molecule has 0 radical (unpaired) electrons. The molecule has 0 aromatic carbocycles. The van der Waals surface area contributed by atoms with E-state index in [9.17, 15) is 4.79 Å². The molecule has 14 heavy (non-hydrogen) atoms.